The third-order valence-electron chi connectivity index (χ3n) is 4.38. The van der Waals surface area contributed by atoms with E-state index in [0.717, 1.165) is 24.3 Å². The molecule has 0 aliphatic rings. The molecule has 3 aromatic rings. The van der Waals surface area contributed by atoms with Gasteiger partial charge in [0.05, 0.1) is 19.1 Å². The molecule has 0 aliphatic carbocycles. The van der Waals surface area contributed by atoms with Crippen LogP contribution in [0.5, 0.6) is 11.5 Å². The van der Waals surface area contributed by atoms with E-state index in [-0.39, 0.29) is 27.5 Å². The maximum absolute atomic E-state index is 14.8. The van der Waals surface area contributed by atoms with Crippen molar-refractivity contribution >= 4 is 10.0 Å². The molecular formula is C20H15F4NO4S. The van der Waals surface area contributed by atoms with Gasteiger partial charge < -0.3 is 9.47 Å². The van der Waals surface area contributed by atoms with Gasteiger partial charge in [-0.25, -0.2) is 31.1 Å². The van der Waals surface area contributed by atoms with Crippen molar-refractivity contribution in [1.29, 1.82) is 0 Å². The quantitative estimate of drug-likeness (QED) is 0.365. The van der Waals surface area contributed by atoms with Gasteiger partial charge in [0.1, 0.15) is 11.5 Å². The topological polar surface area (TPSA) is 78.6 Å². The highest BCUT2D eigenvalue weighted by atomic mass is 32.2. The molecule has 0 bridgehead atoms. The molecular weight excluding hydrogens is 426 g/mol. The Labute approximate surface area is 169 Å². The number of halogens is 4. The Bertz CT molecular complexity index is 1210. The minimum absolute atomic E-state index is 0.0491. The summed E-state index contributed by atoms with van der Waals surface area (Å²) >= 11 is 0. The molecule has 0 radical (unpaired) electrons. The lowest BCUT2D eigenvalue weighted by Crippen LogP contribution is -2.11. The average molecular weight is 441 g/mol. The van der Waals surface area contributed by atoms with Crippen LogP contribution in [0.15, 0.2) is 47.4 Å². The first kappa shape index (κ1) is 21.6. The molecule has 10 heteroatoms. The summed E-state index contributed by atoms with van der Waals surface area (Å²) in [5.74, 6) is -6.87. The Morgan fingerprint density at radius 3 is 1.53 bits per heavy atom. The molecule has 3 rings (SSSR count). The van der Waals surface area contributed by atoms with Crippen LogP contribution in [0, 0.1) is 23.3 Å². The Morgan fingerprint density at radius 1 is 0.700 bits per heavy atom. The van der Waals surface area contributed by atoms with Gasteiger partial charge in [-0.2, -0.15) is 0 Å². The highest BCUT2D eigenvalue weighted by Gasteiger charge is 2.28. The van der Waals surface area contributed by atoms with Gasteiger partial charge in [-0.3, -0.25) is 0 Å². The summed E-state index contributed by atoms with van der Waals surface area (Å²) in [6.45, 7) is 0. The molecule has 0 amide bonds. The molecule has 30 heavy (non-hydrogen) atoms. The van der Waals surface area contributed by atoms with E-state index >= 15 is 0 Å². The number of primary sulfonamides is 1. The van der Waals surface area contributed by atoms with Crippen LogP contribution < -0.4 is 14.6 Å². The lowest BCUT2D eigenvalue weighted by atomic mass is 9.92. The molecule has 0 spiro atoms. The second-order valence-corrected chi connectivity index (χ2v) is 7.74. The SMILES string of the molecule is COc1cc(OC)cc(-c2c(F)c(F)c(F)c(F)c2-c2ccc(S(N)(=O)=O)cc2)c1. The average Bonchev–Trinajstić information content (AvgIpc) is 2.73. The lowest BCUT2D eigenvalue weighted by molar-refractivity contribution is 0.394. The molecule has 0 fully saturated rings. The van der Waals surface area contributed by atoms with Crippen molar-refractivity contribution in [3.63, 3.8) is 0 Å². The van der Waals surface area contributed by atoms with Crippen molar-refractivity contribution in [2.24, 2.45) is 5.14 Å². The third-order valence-corrected chi connectivity index (χ3v) is 5.31. The second-order valence-electron chi connectivity index (χ2n) is 6.18. The second kappa shape index (κ2) is 7.96. The van der Waals surface area contributed by atoms with Crippen LogP contribution in [0.4, 0.5) is 17.6 Å². The molecule has 5 nitrogen and oxygen atoms in total. The Kier molecular flexibility index (Phi) is 5.73. The first-order valence-corrected chi connectivity index (χ1v) is 9.85. The maximum atomic E-state index is 14.8. The molecule has 158 valence electrons. The third kappa shape index (κ3) is 3.83. The van der Waals surface area contributed by atoms with E-state index in [2.05, 4.69) is 0 Å². The summed E-state index contributed by atoms with van der Waals surface area (Å²) in [5.41, 5.74) is -1.35. The number of sulfonamides is 1. The minimum atomic E-state index is -4.05. The van der Waals surface area contributed by atoms with E-state index in [0.29, 0.717) is 0 Å². The van der Waals surface area contributed by atoms with Crippen molar-refractivity contribution in [3.05, 3.63) is 65.7 Å². The van der Waals surface area contributed by atoms with Gasteiger partial charge in [0.15, 0.2) is 23.3 Å². The van der Waals surface area contributed by atoms with Crippen molar-refractivity contribution in [3.8, 4) is 33.8 Å². The molecule has 0 aromatic heterocycles. The zero-order chi connectivity index (χ0) is 22.2. The minimum Gasteiger partial charge on any atom is -0.497 e. The summed E-state index contributed by atoms with van der Waals surface area (Å²) < 4.78 is 90.8. The zero-order valence-corrected chi connectivity index (χ0v) is 16.5. The van der Waals surface area contributed by atoms with Crippen LogP contribution in [0.25, 0.3) is 22.3 Å². The standard InChI is InChI=1S/C20H15F4NO4S/c1-28-12-7-11(8-13(9-12)29-2)16-15(17(21)19(23)20(24)18(16)22)10-3-5-14(6-4-10)30(25,26)27/h3-9H,1-2H3,(H2,25,26,27). The number of hydrogen-bond acceptors (Lipinski definition) is 4. The van der Waals surface area contributed by atoms with E-state index in [9.17, 15) is 26.0 Å². The van der Waals surface area contributed by atoms with Crippen LogP contribution in [-0.2, 0) is 10.0 Å². The van der Waals surface area contributed by atoms with Crippen LogP contribution in [0.1, 0.15) is 0 Å². The first-order chi connectivity index (χ1) is 14.1. The number of hydrogen-bond donors (Lipinski definition) is 1. The number of benzene rings is 3. The Hall–Kier alpha value is -3.11. The normalized spacial score (nSPS) is 11.4. The predicted molar refractivity (Wildman–Crippen MR) is 102 cm³/mol. The predicted octanol–water partition coefficient (Wildman–Crippen LogP) is 4.24. The van der Waals surface area contributed by atoms with E-state index in [1.807, 2.05) is 0 Å². The van der Waals surface area contributed by atoms with E-state index in [1.165, 1.54) is 32.4 Å². The van der Waals surface area contributed by atoms with Crippen molar-refractivity contribution in [2.45, 2.75) is 4.90 Å². The van der Waals surface area contributed by atoms with E-state index in [1.54, 1.807) is 0 Å². The summed E-state index contributed by atoms with van der Waals surface area (Å²) in [5, 5.41) is 5.03. The van der Waals surface area contributed by atoms with Gasteiger partial charge in [0.25, 0.3) is 0 Å². The van der Waals surface area contributed by atoms with Crippen LogP contribution in [0.2, 0.25) is 0 Å². The van der Waals surface area contributed by atoms with Gasteiger partial charge in [-0.1, -0.05) is 12.1 Å². The van der Waals surface area contributed by atoms with Gasteiger partial charge in [0, 0.05) is 17.2 Å². The molecule has 3 aromatic carbocycles. The number of nitrogens with two attached hydrogens (primary N) is 1. The molecule has 2 N–H and O–H groups in total. The highest BCUT2D eigenvalue weighted by molar-refractivity contribution is 7.89. The zero-order valence-electron chi connectivity index (χ0n) is 15.7. The summed E-state index contributed by atoms with van der Waals surface area (Å²) in [6.07, 6.45) is 0. The van der Waals surface area contributed by atoms with Gasteiger partial charge in [-0.05, 0) is 35.4 Å². The Balaban J connectivity index is 2.37. The van der Waals surface area contributed by atoms with Gasteiger partial charge in [0.2, 0.25) is 10.0 Å². The fraction of sp³-hybridized carbons (Fsp3) is 0.100. The van der Waals surface area contributed by atoms with E-state index in [4.69, 9.17) is 14.6 Å². The molecule has 0 aliphatic heterocycles. The largest absolute Gasteiger partial charge is 0.497 e. The van der Waals surface area contributed by atoms with Crippen molar-refractivity contribution < 1.29 is 35.5 Å². The fourth-order valence-corrected chi connectivity index (χ4v) is 3.45. The smallest absolute Gasteiger partial charge is 0.238 e. The lowest BCUT2D eigenvalue weighted by Gasteiger charge is -2.16. The fourth-order valence-electron chi connectivity index (χ4n) is 2.94. The van der Waals surface area contributed by atoms with Crippen molar-refractivity contribution in [2.75, 3.05) is 14.2 Å². The monoisotopic (exact) mass is 441 g/mol. The molecule has 0 saturated heterocycles. The molecule has 0 atom stereocenters. The number of methoxy groups -OCH3 is 2. The summed E-state index contributed by atoms with van der Waals surface area (Å²) in [4.78, 5) is -0.292. The number of rotatable bonds is 5. The molecule has 0 heterocycles. The van der Waals surface area contributed by atoms with Gasteiger partial charge >= 0.3 is 0 Å². The highest BCUT2D eigenvalue weighted by Crippen LogP contribution is 2.41. The summed E-state index contributed by atoms with van der Waals surface area (Å²) in [7, 11) is -1.40. The van der Waals surface area contributed by atoms with E-state index < -0.39 is 44.4 Å². The molecule has 0 saturated carbocycles. The first-order valence-electron chi connectivity index (χ1n) is 8.31. The van der Waals surface area contributed by atoms with Crippen molar-refractivity contribution in [1.82, 2.24) is 0 Å². The van der Waals surface area contributed by atoms with Gasteiger partial charge in [-0.15, -0.1) is 0 Å². The maximum Gasteiger partial charge on any atom is 0.238 e. The van der Waals surface area contributed by atoms with Crippen LogP contribution in [0.3, 0.4) is 0 Å². The molecule has 0 unspecified atom stereocenters. The van der Waals surface area contributed by atoms with Crippen LogP contribution in [-0.4, -0.2) is 22.6 Å². The van der Waals surface area contributed by atoms with Crippen LogP contribution >= 0.6 is 0 Å². The Morgan fingerprint density at radius 2 is 1.13 bits per heavy atom. The summed E-state index contributed by atoms with van der Waals surface area (Å²) in [6, 6.07) is 8.34. The number of ether oxygens (including phenoxy) is 2.